The Balaban J connectivity index is 0.00000200. The summed E-state index contributed by atoms with van der Waals surface area (Å²) in [5, 5.41) is 1.09. The zero-order chi connectivity index (χ0) is 13.3. The zero-order valence-corrected chi connectivity index (χ0v) is 14.6. The van der Waals surface area contributed by atoms with Crippen LogP contribution >= 0.6 is 15.9 Å². The summed E-state index contributed by atoms with van der Waals surface area (Å²) in [5.41, 5.74) is 2.47. The summed E-state index contributed by atoms with van der Waals surface area (Å²) in [7, 11) is 0. The number of nitrogens with zero attached hydrogens (tertiary/aromatic N) is 1. The van der Waals surface area contributed by atoms with Crippen LogP contribution in [0, 0.1) is 0 Å². The van der Waals surface area contributed by atoms with E-state index >= 15 is 0 Å². The molecule has 20 heavy (non-hydrogen) atoms. The third-order valence-electron chi connectivity index (χ3n) is 2.98. The molecule has 1 nitrogen and oxygen atoms in total. The van der Waals surface area contributed by atoms with Gasteiger partial charge in [0.1, 0.15) is 6.54 Å². The van der Waals surface area contributed by atoms with E-state index < -0.39 is 0 Å². The van der Waals surface area contributed by atoms with Gasteiger partial charge in [-0.1, -0.05) is 58.4 Å². The standard InChI is InChI=1S/C17H19BrN.BrH/c18-12-4-5-13-19-14-10-17(11-15-19)9-8-16-6-2-1-3-7-16;/h1-3,6-11,14-15H,4-5,12-13H2;1H/q+1;/p-1. The second-order valence-electron chi connectivity index (χ2n) is 4.51. The van der Waals surface area contributed by atoms with E-state index in [9.17, 15) is 0 Å². The van der Waals surface area contributed by atoms with Gasteiger partial charge in [-0.3, -0.25) is 0 Å². The fourth-order valence-electron chi connectivity index (χ4n) is 1.87. The number of benzene rings is 1. The van der Waals surface area contributed by atoms with Gasteiger partial charge >= 0.3 is 0 Å². The number of unbranched alkanes of at least 4 members (excludes halogenated alkanes) is 1. The van der Waals surface area contributed by atoms with Gasteiger partial charge in [-0.15, -0.1) is 0 Å². The van der Waals surface area contributed by atoms with Crippen LogP contribution in [0.15, 0.2) is 54.9 Å². The van der Waals surface area contributed by atoms with E-state index in [0.29, 0.717) is 0 Å². The average molecular weight is 397 g/mol. The fourth-order valence-corrected chi connectivity index (χ4v) is 2.27. The molecule has 0 spiro atoms. The second kappa shape index (κ2) is 9.89. The van der Waals surface area contributed by atoms with Gasteiger partial charge in [0.05, 0.1) is 0 Å². The maximum Gasteiger partial charge on any atom is 0.169 e. The number of hydrogen-bond donors (Lipinski definition) is 0. The van der Waals surface area contributed by atoms with Crippen LogP contribution in [0.2, 0.25) is 0 Å². The quantitative estimate of drug-likeness (QED) is 0.394. The lowest BCUT2D eigenvalue weighted by atomic mass is 10.1. The predicted octanol–water partition coefficient (Wildman–Crippen LogP) is 1.32. The lowest BCUT2D eigenvalue weighted by molar-refractivity contribution is -0.697. The number of aryl methyl sites for hydroxylation is 1. The van der Waals surface area contributed by atoms with Gasteiger partial charge < -0.3 is 17.0 Å². The van der Waals surface area contributed by atoms with Crippen LogP contribution in [0.25, 0.3) is 12.2 Å². The molecule has 2 aromatic rings. The molecule has 0 amide bonds. The Morgan fingerprint density at radius 3 is 2.05 bits per heavy atom. The molecule has 2 rings (SSSR count). The number of rotatable bonds is 6. The number of alkyl halides is 1. The van der Waals surface area contributed by atoms with E-state index in [4.69, 9.17) is 0 Å². The van der Waals surface area contributed by atoms with Crippen LogP contribution in [-0.4, -0.2) is 5.33 Å². The minimum absolute atomic E-state index is 0. The highest BCUT2D eigenvalue weighted by Gasteiger charge is 1.98. The summed E-state index contributed by atoms with van der Waals surface area (Å²) in [6.07, 6.45) is 11.0. The molecule has 0 radical (unpaired) electrons. The largest absolute Gasteiger partial charge is 1.00 e. The molecule has 0 saturated heterocycles. The van der Waals surface area contributed by atoms with Gasteiger partial charge in [0, 0.05) is 23.9 Å². The molecule has 0 aliphatic heterocycles. The summed E-state index contributed by atoms with van der Waals surface area (Å²) in [6.45, 7) is 1.09. The molecular formula is C17H19Br2N. The number of aromatic nitrogens is 1. The topological polar surface area (TPSA) is 3.88 Å². The first-order valence-corrected chi connectivity index (χ1v) is 7.79. The summed E-state index contributed by atoms with van der Waals surface area (Å²) < 4.78 is 2.24. The first-order chi connectivity index (χ1) is 9.38. The highest BCUT2D eigenvalue weighted by atomic mass is 79.9. The van der Waals surface area contributed by atoms with Gasteiger partial charge in [-0.05, 0) is 17.5 Å². The van der Waals surface area contributed by atoms with Crippen molar-refractivity contribution in [1.29, 1.82) is 0 Å². The SMILES string of the molecule is BrCCCC[n+]1ccc(C=Cc2ccccc2)cc1.[Br-]. The van der Waals surface area contributed by atoms with E-state index in [1.54, 1.807) is 0 Å². The van der Waals surface area contributed by atoms with Crippen molar-refractivity contribution in [2.45, 2.75) is 19.4 Å². The highest BCUT2D eigenvalue weighted by molar-refractivity contribution is 9.09. The lowest BCUT2D eigenvalue weighted by Gasteiger charge is -1.97. The monoisotopic (exact) mass is 395 g/mol. The Kier molecular flexibility index (Phi) is 8.47. The minimum Gasteiger partial charge on any atom is -1.00 e. The van der Waals surface area contributed by atoms with E-state index in [1.165, 1.54) is 24.0 Å². The Bertz CT molecular complexity index is 506. The third kappa shape index (κ3) is 6.02. The van der Waals surface area contributed by atoms with Gasteiger partial charge in [-0.25, -0.2) is 4.57 Å². The third-order valence-corrected chi connectivity index (χ3v) is 3.55. The van der Waals surface area contributed by atoms with Crippen molar-refractivity contribution in [2.75, 3.05) is 5.33 Å². The molecule has 1 aromatic carbocycles. The molecule has 0 bridgehead atoms. The predicted molar refractivity (Wildman–Crippen MR) is 85.0 cm³/mol. The number of hydrogen-bond acceptors (Lipinski definition) is 0. The van der Waals surface area contributed by atoms with Gasteiger partial charge in [0.25, 0.3) is 0 Å². The van der Waals surface area contributed by atoms with Gasteiger partial charge in [-0.2, -0.15) is 0 Å². The summed E-state index contributed by atoms with van der Waals surface area (Å²) in [4.78, 5) is 0. The maximum atomic E-state index is 3.46. The molecule has 3 heteroatoms. The van der Waals surface area contributed by atoms with E-state index in [-0.39, 0.29) is 17.0 Å². The summed E-state index contributed by atoms with van der Waals surface area (Å²) >= 11 is 3.46. The van der Waals surface area contributed by atoms with Crippen LogP contribution in [0.5, 0.6) is 0 Å². The van der Waals surface area contributed by atoms with Gasteiger partial charge in [0.2, 0.25) is 0 Å². The molecule has 106 valence electrons. The van der Waals surface area contributed by atoms with Crippen molar-refractivity contribution in [3.8, 4) is 0 Å². The Labute approximate surface area is 140 Å². The minimum atomic E-state index is 0. The van der Waals surface area contributed by atoms with Crippen molar-refractivity contribution >= 4 is 28.1 Å². The van der Waals surface area contributed by atoms with Crippen molar-refractivity contribution in [2.24, 2.45) is 0 Å². The molecule has 0 fully saturated rings. The number of pyridine rings is 1. The van der Waals surface area contributed by atoms with E-state index in [0.717, 1.165) is 11.9 Å². The Hall–Kier alpha value is -0.930. The molecule has 0 unspecified atom stereocenters. The molecule has 1 aromatic heterocycles. The highest BCUT2D eigenvalue weighted by Crippen LogP contribution is 2.06. The molecule has 0 aliphatic carbocycles. The molecule has 0 atom stereocenters. The smallest absolute Gasteiger partial charge is 0.169 e. The first kappa shape index (κ1) is 17.1. The zero-order valence-electron chi connectivity index (χ0n) is 11.4. The summed E-state index contributed by atoms with van der Waals surface area (Å²) in [6, 6.07) is 14.7. The molecule has 0 N–H and O–H groups in total. The first-order valence-electron chi connectivity index (χ1n) is 6.67. The van der Waals surface area contributed by atoms with Crippen LogP contribution in [-0.2, 0) is 6.54 Å². The van der Waals surface area contributed by atoms with E-state index in [2.05, 4.69) is 81.4 Å². The normalized spacial score (nSPS) is 10.4. The van der Waals surface area contributed by atoms with Crippen LogP contribution in [0.4, 0.5) is 0 Å². The van der Waals surface area contributed by atoms with Crippen molar-refractivity contribution < 1.29 is 21.5 Å². The molecule has 0 saturated carbocycles. The van der Waals surface area contributed by atoms with Crippen molar-refractivity contribution in [1.82, 2.24) is 0 Å². The van der Waals surface area contributed by atoms with Crippen LogP contribution in [0.1, 0.15) is 24.0 Å². The second-order valence-corrected chi connectivity index (χ2v) is 5.30. The summed E-state index contributed by atoms with van der Waals surface area (Å²) in [5.74, 6) is 0. The maximum absolute atomic E-state index is 3.46. The Morgan fingerprint density at radius 2 is 1.45 bits per heavy atom. The van der Waals surface area contributed by atoms with Crippen molar-refractivity contribution in [3.05, 3.63) is 66.0 Å². The van der Waals surface area contributed by atoms with Crippen molar-refractivity contribution in [3.63, 3.8) is 0 Å². The lowest BCUT2D eigenvalue weighted by Crippen LogP contribution is -3.00. The molecule has 0 aliphatic rings. The Morgan fingerprint density at radius 1 is 0.850 bits per heavy atom. The van der Waals surface area contributed by atoms with Gasteiger partial charge in [0.15, 0.2) is 12.4 Å². The van der Waals surface area contributed by atoms with Crippen LogP contribution in [0.3, 0.4) is 0 Å². The fraction of sp³-hybridized carbons (Fsp3) is 0.235. The molecule has 1 heterocycles. The molecular weight excluding hydrogens is 378 g/mol. The van der Waals surface area contributed by atoms with Crippen LogP contribution < -0.4 is 21.5 Å². The van der Waals surface area contributed by atoms with E-state index in [1.807, 2.05) is 6.07 Å². The number of halogens is 2. The average Bonchev–Trinajstić information content (AvgIpc) is 2.48.